The molecule has 5 atom stereocenters. The number of carbonyl (C=O) groups is 1. The molecule has 1 heterocycles. The van der Waals surface area contributed by atoms with Gasteiger partial charge in [-0.1, -0.05) is 19.9 Å². The first-order valence-electron chi connectivity index (χ1n) is 11.8. The monoisotopic (exact) mass is 489 g/mol. The van der Waals surface area contributed by atoms with E-state index in [0.29, 0.717) is 31.1 Å². The number of ether oxygens (including phenoxy) is 1. The van der Waals surface area contributed by atoms with Crippen LogP contribution in [0.5, 0.6) is 5.75 Å². The van der Waals surface area contributed by atoms with E-state index < -0.39 is 11.5 Å². The molecular weight excluding hydrogens is 454 g/mol. The van der Waals surface area contributed by atoms with Crippen molar-refractivity contribution in [2.45, 2.75) is 51.6 Å². The average molecular weight is 490 g/mol. The summed E-state index contributed by atoms with van der Waals surface area (Å²) in [5.74, 6) is -0.0180. The van der Waals surface area contributed by atoms with Gasteiger partial charge in [0.25, 0.3) is 0 Å². The summed E-state index contributed by atoms with van der Waals surface area (Å²) in [6.45, 7) is 4.95. The number of rotatable bonds is 8. The second-order valence-electron chi connectivity index (χ2n) is 10.1. The Balaban J connectivity index is 1.70. The number of aliphatic hydroxyl groups excluding tert-OH is 2. The number of nitrogens with one attached hydrogen (secondary N) is 2. The van der Waals surface area contributed by atoms with Crippen molar-refractivity contribution in [3.05, 3.63) is 34.8 Å². The molecule has 1 aromatic heterocycles. The number of phenols is 1. The molecule has 2 aliphatic rings. The molecule has 4 rings (SSSR count). The van der Waals surface area contributed by atoms with Gasteiger partial charge in [-0.2, -0.15) is 0 Å². The minimum atomic E-state index is -0.654. The van der Waals surface area contributed by atoms with Crippen LogP contribution in [0, 0.1) is 16.7 Å². The first-order chi connectivity index (χ1) is 16.2. The number of phenolic OH excluding ortho intramolecular Hbond substituents is 1. The van der Waals surface area contributed by atoms with Crippen LogP contribution in [0.2, 0.25) is 0 Å². The zero-order valence-corrected chi connectivity index (χ0v) is 20.8. The number of thiazole rings is 1. The van der Waals surface area contributed by atoms with E-state index in [4.69, 9.17) is 9.72 Å². The van der Waals surface area contributed by atoms with Gasteiger partial charge >= 0.3 is 0 Å². The summed E-state index contributed by atoms with van der Waals surface area (Å²) in [5, 5.41) is 38.0. The Kier molecular flexibility index (Phi) is 7.19. The minimum Gasteiger partial charge on any atom is -0.508 e. The second kappa shape index (κ2) is 9.81. The third-order valence-corrected chi connectivity index (χ3v) is 9.02. The smallest absolute Gasteiger partial charge is 0.220 e. The van der Waals surface area contributed by atoms with Gasteiger partial charge in [0, 0.05) is 48.0 Å². The van der Waals surface area contributed by atoms with Crippen molar-refractivity contribution in [1.82, 2.24) is 10.3 Å². The Morgan fingerprint density at radius 2 is 2.15 bits per heavy atom. The lowest BCUT2D eigenvalue weighted by molar-refractivity contribution is -0.144. The highest BCUT2D eigenvalue weighted by molar-refractivity contribution is 7.15. The molecule has 2 aliphatic carbocycles. The first-order valence-corrected chi connectivity index (χ1v) is 12.6. The van der Waals surface area contributed by atoms with Gasteiger partial charge in [0.1, 0.15) is 5.75 Å². The molecule has 0 spiro atoms. The van der Waals surface area contributed by atoms with Crippen molar-refractivity contribution in [3.63, 3.8) is 0 Å². The average Bonchev–Trinajstić information content (AvgIpc) is 3.20. The number of carbonyl (C=O) groups excluding carboxylic acids is 1. The van der Waals surface area contributed by atoms with Gasteiger partial charge in [0.15, 0.2) is 5.13 Å². The molecule has 0 aliphatic heterocycles. The predicted molar refractivity (Wildman–Crippen MR) is 131 cm³/mol. The Morgan fingerprint density at radius 3 is 2.85 bits per heavy atom. The number of nitrogens with zero attached hydrogens (tertiary/aromatic N) is 1. The van der Waals surface area contributed by atoms with Gasteiger partial charge in [-0.05, 0) is 42.7 Å². The third kappa shape index (κ3) is 4.54. The number of hydrogen-bond donors (Lipinski definition) is 5. The van der Waals surface area contributed by atoms with Crippen LogP contribution in [-0.2, 0) is 16.0 Å². The summed E-state index contributed by atoms with van der Waals surface area (Å²) >= 11 is 1.54. The van der Waals surface area contributed by atoms with E-state index in [1.54, 1.807) is 25.3 Å². The van der Waals surface area contributed by atoms with Crippen LogP contribution in [0.1, 0.15) is 49.6 Å². The zero-order chi connectivity index (χ0) is 24.5. The van der Waals surface area contributed by atoms with Gasteiger partial charge < -0.3 is 30.7 Å². The summed E-state index contributed by atoms with van der Waals surface area (Å²) in [6.07, 6.45) is 1.74. The number of aromatic nitrogens is 1. The van der Waals surface area contributed by atoms with E-state index in [0.717, 1.165) is 22.7 Å². The maximum atomic E-state index is 12.9. The fraction of sp³-hybridized carbons (Fsp3) is 0.600. The van der Waals surface area contributed by atoms with Crippen molar-refractivity contribution in [1.29, 1.82) is 0 Å². The molecule has 1 aromatic carbocycles. The molecule has 186 valence electrons. The maximum Gasteiger partial charge on any atom is 0.220 e. The van der Waals surface area contributed by atoms with Gasteiger partial charge in [0.05, 0.1) is 25.0 Å². The molecule has 0 unspecified atom stereocenters. The normalized spacial score (nSPS) is 30.3. The van der Waals surface area contributed by atoms with E-state index in [1.165, 1.54) is 11.3 Å². The summed E-state index contributed by atoms with van der Waals surface area (Å²) in [6, 6.07) is 6.88. The van der Waals surface area contributed by atoms with Crippen LogP contribution >= 0.6 is 11.3 Å². The van der Waals surface area contributed by atoms with E-state index in [1.807, 2.05) is 13.0 Å². The lowest BCUT2D eigenvalue weighted by Crippen LogP contribution is -2.57. The number of aliphatic hydroxyl groups is 2. The highest BCUT2D eigenvalue weighted by Crippen LogP contribution is 2.62. The molecule has 9 heteroatoms. The Morgan fingerprint density at radius 1 is 1.35 bits per heavy atom. The molecule has 0 bridgehead atoms. The Bertz CT molecular complexity index is 1030. The van der Waals surface area contributed by atoms with Crippen LogP contribution in [0.25, 0.3) is 0 Å². The van der Waals surface area contributed by atoms with Crippen molar-refractivity contribution in [2.24, 2.45) is 16.7 Å². The molecule has 1 fully saturated rings. The summed E-state index contributed by atoms with van der Waals surface area (Å²) < 4.78 is 5.06. The van der Waals surface area contributed by atoms with Crippen LogP contribution in [-0.4, -0.2) is 59.2 Å². The van der Waals surface area contributed by atoms with Crippen molar-refractivity contribution in [2.75, 3.05) is 32.2 Å². The van der Waals surface area contributed by atoms with E-state index in [-0.39, 0.29) is 41.9 Å². The van der Waals surface area contributed by atoms with Crippen LogP contribution in [0.4, 0.5) is 10.8 Å². The molecule has 34 heavy (non-hydrogen) atoms. The molecular formula is C25H35N3O5S. The van der Waals surface area contributed by atoms with Crippen molar-refractivity contribution >= 4 is 28.1 Å². The molecule has 2 aromatic rings. The van der Waals surface area contributed by atoms with E-state index in [9.17, 15) is 20.1 Å². The SMILES string of the molecule is COCCNC(=O)C[C@@H]1c2nc(Nc3cccc(O)c3)sc2C[C@@H]2[C@](C)(CO)[C@H](O)CC[C@]21C. The molecule has 0 radical (unpaired) electrons. The van der Waals surface area contributed by atoms with Gasteiger partial charge in [-0.25, -0.2) is 4.98 Å². The number of aromatic hydroxyl groups is 1. The predicted octanol–water partition coefficient (Wildman–Crippen LogP) is 3.16. The number of fused-ring (bicyclic) bond motifs is 2. The standard InChI is InChI=1S/C25H35N3O5S/c1-24-8-7-20(31)25(2,14-29)19(24)13-18-22(17(24)12-21(32)26-9-10-33-3)28-23(34-18)27-15-5-4-6-16(30)11-15/h4-6,11,17,19-20,29-31H,7-10,12-14H2,1-3H3,(H,26,32)(H,27,28)/t17-,19+,20-,24+,25+/m1/s1. The Labute approximate surface area is 204 Å². The third-order valence-electron chi connectivity index (χ3n) is 8.01. The largest absolute Gasteiger partial charge is 0.508 e. The molecule has 1 saturated carbocycles. The summed E-state index contributed by atoms with van der Waals surface area (Å²) in [4.78, 5) is 18.9. The van der Waals surface area contributed by atoms with E-state index in [2.05, 4.69) is 17.6 Å². The minimum absolute atomic E-state index is 0.00657. The van der Waals surface area contributed by atoms with E-state index >= 15 is 0 Å². The van der Waals surface area contributed by atoms with Crippen molar-refractivity contribution < 1.29 is 24.9 Å². The van der Waals surface area contributed by atoms with Crippen LogP contribution < -0.4 is 10.6 Å². The van der Waals surface area contributed by atoms with Gasteiger partial charge in [-0.3, -0.25) is 4.79 Å². The molecule has 0 saturated heterocycles. The molecule has 1 amide bonds. The number of methoxy groups -OCH3 is 1. The van der Waals surface area contributed by atoms with Crippen LogP contribution in [0.3, 0.4) is 0 Å². The quantitative estimate of drug-likeness (QED) is 0.361. The fourth-order valence-electron chi connectivity index (χ4n) is 5.96. The highest BCUT2D eigenvalue weighted by atomic mass is 32.1. The number of benzene rings is 1. The van der Waals surface area contributed by atoms with Gasteiger partial charge in [0.2, 0.25) is 5.91 Å². The maximum absolute atomic E-state index is 12.9. The lowest BCUT2D eigenvalue weighted by Gasteiger charge is -2.58. The first kappa shape index (κ1) is 24.9. The fourth-order valence-corrected chi connectivity index (χ4v) is 7.05. The number of hydrogen-bond acceptors (Lipinski definition) is 8. The zero-order valence-electron chi connectivity index (χ0n) is 20.0. The van der Waals surface area contributed by atoms with Crippen LogP contribution in [0.15, 0.2) is 24.3 Å². The van der Waals surface area contributed by atoms with Gasteiger partial charge in [-0.15, -0.1) is 11.3 Å². The second-order valence-corrected chi connectivity index (χ2v) is 11.2. The molecule has 8 nitrogen and oxygen atoms in total. The highest BCUT2D eigenvalue weighted by Gasteiger charge is 2.59. The number of amides is 1. The Hall–Kier alpha value is -2.20. The lowest BCUT2D eigenvalue weighted by atomic mass is 9.47. The number of anilines is 2. The molecule has 5 N–H and O–H groups in total. The summed E-state index contributed by atoms with van der Waals surface area (Å²) in [5.41, 5.74) is 0.709. The van der Waals surface area contributed by atoms with Crippen molar-refractivity contribution in [3.8, 4) is 5.75 Å². The summed E-state index contributed by atoms with van der Waals surface area (Å²) in [7, 11) is 1.60. The topological polar surface area (TPSA) is 124 Å².